The van der Waals surface area contributed by atoms with Gasteiger partial charge in [-0.1, -0.05) is 0 Å². The van der Waals surface area contributed by atoms with E-state index in [1.165, 1.54) is 4.90 Å². The largest absolute Gasteiger partial charge is 0.479 e. The van der Waals surface area contributed by atoms with Gasteiger partial charge in [-0.15, -0.1) is 0 Å². The molecule has 20 heavy (non-hydrogen) atoms. The van der Waals surface area contributed by atoms with Crippen molar-refractivity contribution in [1.29, 1.82) is 0 Å². The van der Waals surface area contributed by atoms with Crippen LogP contribution < -0.4 is 10.6 Å². The fraction of sp³-hybridized carbons (Fsp3) is 0.750. The van der Waals surface area contributed by atoms with Crippen molar-refractivity contribution >= 4 is 17.9 Å². The summed E-state index contributed by atoms with van der Waals surface area (Å²) in [5.74, 6) is -1.51. The average molecular weight is 287 g/mol. The van der Waals surface area contributed by atoms with Crippen LogP contribution in [0, 0.1) is 5.92 Å². The molecule has 1 atom stereocenters. The number of piperidine rings is 1. The summed E-state index contributed by atoms with van der Waals surface area (Å²) in [6, 6.07) is -0.429. The molecule has 1 unspecified atom stereocenters. The van der Waals surface area contributed by atoms with Crippen LogP contribution in [0.25, 0.3) is 0 Å². The summed E-state index contributed by atoms with van der Waals surface area (Å²) in [5.41, 5.74) is -1.99. The van der Waals surface area contributed by atoms with Crippen molar-refractivity contribution in [2.45, 2.75) is 25.4 Å². The van der Waals surface area contributed by atoms with Gasteiger partial charge in [0.05, 0.1) is 6.54 Å². The van der Waals surface area contributed by atoms with Crippen molar-refractivity contribution < 1.29 is 24.6 Å². The van der Waals surface area contributed by atoms with E-state index in [9.17, 15) is 19.5 Å². The Hall–Kier alpha value is -1.83. The molecule has 0 radical (unpaired) electrons. The van der Waals surface area contributed by atoms with Gasteiger partial charge >= 0.3 is 12.0 Å². The highest BCUT2D eigenvalue weighted by Crippen LogP contribution is 2.17. The van der Waals surface area contributed by atoms with Gasteiger partial charge in [-0.2, -0.15) is 0 Å². The summed E-state index contributed by atoms with van der Waals surface area (Å²) in [6.07, 6.45) is 1.14. The van der Waals surface area contributed by atoms with E-state index in [0.717, 1.165) is 6.92 Å². The van der Waals surface area contributed by atoms with E-state index in [-0.39, 0.29) is 18.4 Å². The van der Waals surface area contributed by atoms with E-state index in [4.69, 9.17) is 5.11 Å². The molecule has 1 aliphatic rings. The number of carbonyl (C=O) groups excluding carboxylic acids is 2. The van der Waals surface area contributed by atoms with Gasteiger partial charge < -0.3 is 25.7 Å². The molecular formula is C12H21N3O5. The molecule has 114 valence electrons. The van der Waals surface area contributed by atoms with E-state index in [0.29, 0.717) is 25.9 Å². The number of carboxylic acid groups (broad SMARTS) is 1. The Morgan fingerprint density at radius 2 is 1.85 bits per heavy atom. The van der Waals surface area contributed by atoms with Crippen LogP contribution in [-0.4, -0.2) is 65.3 Å². The van der Waals surface area contributed by atoms with Gasteiger partial charge in [-0.05, 0) is 19.8 Å². The molecule has 8 heteroatoms. The molecule has 1 saturated heterocycles. The van der Waals surface area contributed by atoms with Crippen LogP contribution in [0.4, 0.5) is 4.79 Å². The molecule has 0 aliphatic carbocycles. The first-order valence-corrected chi connectivity index (χ1v) is 6.48. The van der Waals surface area contributed by atoms with Crippen LogP contribution in [0.2, 0.25) is 0 Å². The van der Waals surface area contributed by atoms with Crippen molar-refractivity contribution in [2.75, 3.05) is 26.7 Å². The Bertz CT molecular complexity index is 389. The predicted molar refractivity (Wildman–Crippen MR) is 70.0 cm³/mol. The zero-order chi connectivity index (χ0) is 15.3. The molecule has 0 saturated carbocycles. The van der Waals surface area contributed by atoms with Crippen LogP contribution in [0.15, 0.2) is 0 Å². The molecule has 1 heterocycles. The number of aliphatic hydroxyl groups is 1. The van der Waals surface area contributed by atoms with E-state index in [1.54, 1.807) is 7.05 Å². The topological polar surface area (TPSA) is 119 Å². The molecular weight excluding hydrogens is 266 g/mol. The van der Waals surface area contributed by atoms with Crippen LogP contribution in [0.5, 0.6) is 0 Å². The van der Waals surface area contributed by atoms with Gasteiger partial charge in [0.25, 0.3) is 0 Å². The summed E-state index contributed by atoms with van der Waals surface area (Å²) >= 11 is 0. The van der Waals surface area contributed by atoms with Gasteiger partial charge in [-0.3, -0.25) is 4.79 Å². The van der Waals surface area contributed by atoms with Crippen molar-refractivity contribution in [1.82, 2.24) is 15.5 Å². The first kappa shape index (κ1) is 16.2. The number of nitrogens with one attached hydrogen (secondary N) is 2. The highest BCUT2D eigenvalue weighted by molar-refractivity contribution is 5.80. The Morgan fingerprint density at radius 3 is 2.30 bits per heavy atom. The van der Waals surface area contributed by atoms with E-state index in [2.05, 4.69) is 10.6 Å². The maximum Gasteiger partial charge on any atom is 0.337 e. The number of rotatable bonds is 4. The number of hydrogen-bond donors (Lipinski definition) is 4. The van der Waals surface area contributed by atoms with Crippen molar-refractivity contribution in [3.63, 3.8) is 0 Å². The van der Waals surface area contributed by atoms with Gasteiger partial charge in [0.15, 0.2) is 5.60 Å². The smallest absolute Gasteiger partial charge is 0.337 e. The molecule has 8 nitrogen and oxygen atoms in total. The van der Waals surface area contributed by atoms with Crippen LogP contribution >= 0.6 is 0 Å². The Balaban J connectivity index is 2.40. The van der Waals surface area contributed by atoms with Crippen LogP contribution in [0.3, 0.4) is 0 Å². The Labute approximate surface area is 117 Å². The van der Waals surface area contributed by atoms with Gasteiger partial charge in [0.1, 0.15) is 0 Å². The second-order valence-corrected chi connectivity index (χ2v) is 5.11. The second-order valence-electron chi connectivity index (χ2n) is 5.11. The highest BCUT2D eigenvalue weighted by atomic mass is 16.4. The van der Waals surface area contributed by atoms with Crippen molar-refractivity contribution in [2.24, 2.45) is 5.92 Å². The molecule has 1 rings (SSSR count). The summed E-state index contributed by atoms with van der Waals surface area (Å²) in [6.45, 7) is 1.61. The molecule has 0 spiro atoms. The first-order valence-electron chi connectivity index (χ1n) is 6.48. The lowest BCUT2D eigenvalue weighted by Crippen LogP contribution is -2.52. The number of aliphatic carboxylic acids is 1. The fourth-order valence-corrected chi connectivity index (χ4v) is 1.98. The number of amides is 3. The molecule has 0 bridgehead atoms. The third-order valence-corrected chi connectivity index (χ3v) is 3.44. The minimum atomic E-state index is -1.99. The minimum absolute atomic E-state index is 0.0288. The molecule has 4 N–H and O–H groups in total. The molecule has 1 aliphatic heterocycles. The molecule has 0 aromatic heterocycles. The van der Waals surface area contributed by atoms with E-state index < -0.39 is 17.6 Å². The summed E-state index contributed by atoms with van der Waals surface area (Å²) in [7, 11) is 1.58. The zero-order valence-corrected chi connectivity index (χ0v) is 11.7. The summed E-state index contributed by atoms with van der Waals surface area (Å²) in [5, 5.41) is 23.2. The molecule has 1 fully saturated rings. The van der Waals surface area contributed by atoms with E-state index >= 15 is 0 Å². The van der Waals surface area contributed by atoms with Crippen molar-refractivity contribution in [3.05, 3.63) is 0 Å². The number of hydrogen-bond acceptors (Lipinski definition) is 4. The van der Waals surface area contributed by atoms with Crippen LogP contribution in [0.1, 0.15) is 19.8 Å². The monoisotopic (exact) mass is 287 g/mol. The Morgan fingerprint density at radius 1 is 1.30 bits per heavy atom. The average Bonchev–Trinajstić information content (AvgIpc) is 2.44. The number of likely N-dealkylation sites (tertiary alicyclic amines) is 1. The number of carboxylic acids is 1. The lowest BCUT2D eigenvalue weighted by molar-refractivity contribution is -0.155. The van der Waals surface area contributed by atoms with Gasteiger partial charge in [0, 0.05) is 26.1 Å². The first-order chi connectivity index (χ1) is 9.27. The number of nitrogens with zero attached hydrogens (tertiary/aromatic N) is 1. The maximum atomic E-state index is 11.8. The number of carbonyl (C=O) groups is 3. The maximum absolute atomic E-state index is 11.8. The number of urea groups is 1. The molecule has 3 amide bonds. The van der Waals surface area contributed by atoms with Gasteiger partial charge in [0.2, 0.25) is 5.91 Å². The van der Waals surface area contributed by atoms with Gasteiger partial charge in [-0.25, -0.2) is 9.59 Å². The van der Waals surface area contributed by atoms with E-state index in [1.807, 2.05) is 0 Å². The summed E-state index contributed by atoms with van der Waals surface area (Å²) in [4.78, 5) is 35.5. The Kier molecular flexibility index (Phi) is 5.32. The second kappa shape index (κ2) is 6.56. The quantitative estimate of drug-likeness (QED) is 0.528. The molecule has 0 aromatic rings. The minimum Gasteiger partial charge on any atom is -0.479 e. The SMILES string of the molecule is CNC(=O)C1CCN(C(=O)NCC(C)(O)C(=O)O)CC1. The summed E-state index contributed by atoms with van der Waals surface area (Å²) < 4.78 is 0. The zero-order valence-electron chi connectivity index (χ0n) is 11.7. The standard InChI is InChI=1S/C12H21N3O5/c1-12(20,10(17)18)7-14-11(19)15-5-3-8(4-6-15)9(16)13-2/h8,20H,3-7H2,1-2H3,(H,13,16)(H,14,19)(H,17,18). The lowest BCUT2D eigenvalue weighted by Gasteiger charge is -2.31. The normalized spacial score (nSPS) is 19.1. The predicted octanol–water partition coefficient (Wildman–Crippen LogP) is -1.01. The van der Waals surface area contributed by atoms with Crippen LogP contribution in [-0.2, 0) is 9.59 Å². The third-order valence-electron chi connectivity index (χ3n) is 3.44. The molecule has 0 aromatic carbocycles. The third kappa shape index (κ3) is 4.09. The highest BCUT2D eigenvalue weighted by Gasteiger charge is 2.32. The van der Waals surface area contributed by atoms with Crippen molar-refractivity contribution in [3.8, 4) is 0 Å². The lowest BCUT2D eigenvalue weighted by atomic mass is 9.96. The fourth-order valence-electron chi connectivity index (χ4n) is 1.98.